The summed E-state index contributed by atoms with van der Waals surface area (Å²) in [5.74, 6) is 0. The highest BCUT2D eigenvalue weighted by Crippen LogP contribution is 2.10. The van der Waals surface area contributed by atoms with Crippen molar-refractivity contribution < 1.29 is 0 Å². The van der Waals surface area contributed by atoms with E-state index in [0.717, 1.165) is 6.54 Å². The van der Waals surface area contributed by atoms with Crippen molar-refractivity contribution in [3.05, 3.63) is 22.7 Å². The number of hydrogen-bond acceptors (Lipinski definition) is 3. The van der Waals surface area contributed by atoms with Gasteiger partial charge in [0.2, 0.25) is 0 Å². The second-order valence-corrected chi connectivity index (χ2v) is 4.59. The van der Waals surface area contributed by atoms with Crippen LogP contribution >= 0.6 is 11.3 Å². The van der Waals surface area contributed by atoms with E-state index < -0.39 is 0 Å². The lowest BCUT2D eigenvalue weighted by Gasteiger charge is -2.24. The van der Waals surface area contributed by atoms with E-state index in [2.05, 4.69) is 22.0 Å². The lowest BCUT2D eigenvalue weighted by atomic mass is 10.1. The minimum absolute atomic E-state index is 1.10. The number of thiazole rings is 1. The van der Waals surface area contributed by atoms with E-state index in [9.17, 15) is 0 Å². The molecule has 0 aliphatic carbocycles. The Bertz CT molecular complexity index is 273. The molecule has 1 saturated heterocycles. The number of aromatic nitrogens is 1. The highest BCUT2D eigenvalue weighted by molar-refractivity contribution is 7.10. The first-order chi connectivity index (χ1) is 6.95. The van der Waals surface area contributed by atoms with Gasteiger partial charge in [-0.3, -0.25) is 9.88 Å². The largest absolute Gasteiger partial charge is 0.300 e. The van der Waals surface area contributed by atoms with Gasteiger partial charge in [-0.2, -0.15) is 0 Å². The number of nitrogens with zero attached hydrogens (tertiary/aromatic N) is 2. The molecular weight excluding hydrogens is 192 g/mol. The molecule has 1 aliphatic heterocycles. The maximum atomic E-state index is 4.04. The van der Waals surface area contributed by atoms with Gasteiger partial charge in [0.15, 0.2) is 0 Å². The molecule has 2 nitrogen and oxygen atoms in total. The van der Waals surface area contributed by atoms with Crippen LogP contribution in [-0.4, -0.2) is 29.5 Å². The quantitative estimate of drug-likeness (QED) is 0.759. The fourth-order valence-electron chi connectivity index (χ4n) is 1.77. The van der Waals surface area contributed by atoms with E-state index >= 15 is 0 Å². The summed E-state index contributed by atoms with van der Waals surface area (Å²) in [7, 11) is 0. The average Bonchev–Trinajstić information content (AvgIpc) is 2.72. The molecule has 2 rings (SSSR count). The van der Waals surface area contributed by atoms with Crippen LogP contribution in [0.2, 0.25) is 0 Å². The van der Waals surface area contributed by atoms with Gasteiger partial charge in [0.1, 0.15) is 0 Å². The molecule has 0 saturated carbocycles. The molecule has 0 atom stereocenters. The molecule has 0 aromatic carbocycles. The number of hydrogen-bond donors (Lipinski definition) is 0. The van der Waals surface area contributed by atoms with Gasteiger partial charge in [0.25, 0.3) is 0 Å². The van der Waals surface area contributed by atoms with Gasteiger partial charge in [-0.15, -0.1) is 11.3 Å². The zero-order valence-electron chi connectivity index (χ0n) is 8.35. The van der Waals surface area contributed by atoms with Crippen molar-refractivity contribution in [2.24, 2.45) is 0 Å². The zero-order valence-corrected chi connectivity index (χ0v) is 9.17. The van der Waals surface area contributed by atoms with Crippen molar-refractivity contribution in [2.45, 2.75) is 19.3 Å². The van der Waals surface area contributed by atoms with Gasteiger partial charge >= 0.3 is 0 Å². The number of rotatable bonds is 3. The Hall–Kier alpha value is -0.670. The minimum Gasteiger partial charge on any atom is -0.300 e. The van der Waals surface area contributed by atoms with Crippen LogP contribution in [0.3, 0.4) is 0 Å². The van der Waals surface area contributed by atoms with Gasteiger partial charge < -0.3 is 0 Å². The molecule has 0 unspecified atom stereocenters. The summed E-state index contributed by atoms with van der Waals surface area (Å²) >= 11 is 1.69. The molecule has 1 aromatic heterocycles. The Morgan fingerprint density at radius 1 is 1.36 bits per heavy atom. The highest BCUT2D eigenvalue weighted by Gasteiger charge is 2.07. The smallest absolute Gasteiger partial charge is 0.0797 e. The van der Waals surface area contributed by atoms with Crippen molar-refractivity contribution in [1.82, 2.24) is 9.88 Å². The van der Waals surface area contributed by atoms with Gasteiger partial charge in [0.05, 0.1) is 5.51 Å². The Labute approximate surface area is 89.3 Å². The SMILES string of the molecule is C(=C\c1cncs1)/CN1CCCCC1. The molecule has 0 bridgehead atoms. The summed E-state index contributed by atoms with van der Waals surface area (Å²) in [6, 6.07) is 0. The van der Waals surface area contributed by atoms with Crippen molar-refractivity contribution in [1.29, 1.82) is 0 Å². The zero-order chi connectivity index (χ0) is 9.64. The fourth-order valence-corrected chi connectivity index (χ4v) is 2.31. The lowest BCUT2D eigenvalue weighted by molar-refractivity contribution is 0.252. The first kappa shape index (κ1) is 9.87. The van der Waals surface area contributed by atoms with Crippen molar-refractivity contribution in [3.63, 3.8) is 0 Å². The lowest BCUT2D eigenvalue weighted by Crippen LogP contribution is -2.29. The first-order valence-electron chi connectivity index (χ1n) is 5.22. The molecule has 1 fully saturated rings. The summed E-state index contributed by atoms with van der Waals surface area (Å²) in [4.78, 5) is 7.81. The van der Waals surface area contributed by atoms with Gasteiger partial charge in [-0.1, -0.05) is 12.5 Å². The second kappa shape index (κ2) is 5.27. The van der Waals surface area contributed by atoms with E-state index in [4.69, 9.17) is 0 Å². The topological polar surface area (TPSA) is 16.1 Å². The Kier molecular flexibility index (Phi) is 3.72. The third-order valence-corrected chi connectivity index (χ3v) is 3.29. The average molecular weight is 208 g/mol. The van der Waals surface area contributed by atoms with Gasteiger partial charge in [0, 0.05) is 17.6 Å². The standard InChI is InChI=1S/C11H16N2S/c1-2-6-13(7-3-1)8-4-5-11-9-12-10-14-11/h4-5,9-10H,1-3,6-8H2/b5-4+. The van der Waals surface area contributed by atoms with Crippen molar-refractivity contribution in [2.75, 3.05) is 19.6 Å². The number of piperidine rings is 1. The minimum atomic E-state index is 1.10. The van der Waals surface area contributed by atoms with Crippen LogP contribution in [0.4, 0.5) is 0 Å². The van der Waals surface area contributed by atoms with Crippen LogP contribution in [0.5, 0.6) is 0 Å². The molecule has 1 aromatic rings. The molecule has 0 spiro atoms. The molecule has 3 heteroatoms. The van der Waals surface area contributed by atoms with Crippen LogP contribution in [0.15, 0.2) is 17.8 Å². The summed E-state index contributed by atoms with van der Waals surface area (Å²) in [6.45, 7) is 3.64. The fraction of sp³-hybridized carbons (Fsp3) is 0.545. The first-order valence-corrected chi connectivity index (χ1v) is 6.10. The summed E-state index contributed by atoms with van der Waals surface area (Å²) in [5, 5.41) is 0. The van der Waals surface area contributed by atoms with E-state index in [1.165, 1.54) is 37.2 Å². The third-order valence-electron chi connectivity index (χ3n) is 2.55. The van der Waals surface area contributed by atoms with Gasteiger partial charge in [-0.05, 0) is 32.0 Å². The van der Waals surface area contributed by atoms with E-state index in [-0.39, 0.29) is 0 Å². The maximum absolute atomic E-state index is 4.04. The Balaban J connectivity index is 1.76. The van der Waals surface area contributed by atoms with E-state index in [1.807, 2.05) is 11.7 Å². The van der Waals surface area contributed by atoms with Crippen LogP contribution in [0.25, 0.3) is 6.08 Å². The van der Waals surface area contributed by atoms with Crippen LogP contribution < -0.4 is 0 Å². The summed E-state index contributed by atoms with van der Waals surface area (Å²) < 4.78 is 0. The highest BCUT2D eigenvalue weighted by atomic mass is 32.1. The molecule has 0 N–H and O–H groups in total. The number of likely N-dealkylation sites (tertiary alicyclic amines) is 1. The Morgan fingerprint density at radius 3 is 2.93 bits per heavy atom. The molecule has 14 heavy (non-hydrogen) atoms. The van der Waals surface area contributed by atoms with E-state index in [0.29, 0.717) is 0 Å². The molecule has 1 aliphatic rings. The van der Waals surface area contributed by atoms with Gasteiger partial charge in [-0.25, -0.2) is 0 Å². The van der Waals surface area contributed by atoms with Crippen LogP contribution in [0.1, 0.15) is 24.1 Å². The molecule has 76 valence electrons. The van der Waals surface area contributed by atoms with Crippen LogP contribution in [0, 0.1) is 0 Å². The molecular formula is C11H16N2S. The summed E-state index contributed by atoms with van der Waals surface area (Å²) in [5.41, 5.74) is 1.88. The second-order valence-electron chi connectivity index (χ2n) is 3.67. The molecule has 0 radical (unpaired) electrons. The molecule has 0 amide bonds. The summed E-state index contributed by atoms with van der Waals surface area (Å²) in [6.07, 6.45) is 10.5. The molecule has 2 heterocycles. The predicted octanol–water partition coefficient (Wildman–Crippen LogP) is 2.64. The normalized spacial score (nSPS) is 19.1. The monoisotopic (exact) mass is 208 g/mol. The van der Waals surface area contributed by atoms with Crippen molar-refractivity contribution in [3.8, 4) is 0 Å². The predicted molar refractivity (Wildman–Crippen MR) is 61.4 cm³/mol. The van der Waals surface area contributed by atoms with Crippen molar-refractivity contribution >= 4 is 17.4 Å². The van der Waals surface area contributed by atoms with E-state index in [1.54, 1.807) is 11.3 Å². The maximum Gasteiger partial charge on any atom is 0.0797 e. The Morgan fingerprint density at radius 2 is 2.21 bits per heavy atom. The van der Waals surface area contributed by atoms with Crippen LogP contribution in [-0.2, 0) is 0 Å². The third kappa shape index (κ3) is 2.93.